The van der Waals surface area contributed by atoms with Gasteiger partial charge in [0.25, 0.3) is 0 Å². The van der Waals surface area contributed by atoms with Gasteiger partial charge in [-0.25, -0.2) is 9.59 Å². The molecule has 0 amide bonds. The topological polar surface area (TPSA) is 112 Å². The summed E-state index contributed by atoms with van der Waals surface area (Å²) in [5.74, 6) is -0.363. The van der Waals surface area contributed by atoms with Crippen LogP contribution in [0.1, 0.15) is 75.3 Å². The molecule has 0 aromatic heterocycles. The van der Waals surface area contributed by atoms with E-state index in [-0.39, 0.29) is 29.1 Å². The highest BCUT2D eigenvalue weighted by Gasteiger charge is 2.27. The van der Waals surface area contributed by atoms with Crippen LogP contribution >= 0.6 is 0 Å². The summed E-state index contributed by atoms with van der Waals surface area (Å²) >= 11 is 0. The number of hydrogen-bond donors (Lipinski definition) is 2. The number of aliphatic hydroxyl groups is 2. The molecule has 1 aliphatic rings. The Morgan fingerprint density at radius 2 is 1.39 bits per heavy atom. The van der Waals surface area contributed by atoms with Gasteiger partial charge in [-0.3, -0.25) is 0 Å². The lowest BCUT2D eigenvalue weighted by Gasteiger charge is -2.30. The highest BCUT2D eigenvalue weighted by Crippen LogP contribution is 2.41. The Balaban J connectivity index is 1.71. The van der Waals surface area contributed by atoms with E-state index < -0.39 is 51.3 Å². The lowest BCUT2D eigenvalue weighted by atomic mass is 9.75. The molecule has 1 saturated carbocycles. The van der Waals surface area contributed by atoms with Gasteiger partial charge in [-0.2, -0.15) is 13.2 Å². The zero-order valence-corrected chi connectivity index (χ0v) is 26.2. The molecule has 8 nitrogen and oxygen atoms in total. The summed E-state index contributed by atoms with van der Waals surface area (Å²) in [4.78, 5) is 23.7. The van der Waals surface area contributed by atoms with Crippen LogP contribution in [-0.4, -0.2) is 55.1 Å². The van der Waals surface area contributed by atoms with Crippen molar-refractivity contribution in [2.24, 2.45) is 5.92 Å². The van der Waals surface area contributed by atoms with Crippen LogP contribution in [0, 0.1) is 5.92 Å². The number of aliphatic hydroxyl groups excluding tert-OH is 2. The lowest BCUT2D eigenvalue weighted by Crippen LogP contribution is -2.15. The first-order valence-corrected chi connectivity index (χ1v) is 15.5. The Morgan fingerprint density at radius 1 is 0.826 bits per heavy atom. The minimum Gasteiger partial charge on any atom is -0.453 e. The molecular formula is C35H43F3O8. The fraction of sp³-hybridized carbons (Fsp3) is 0.486. The fourth-order valence-electron chi connectivity index (χ4n) is 5.56. The monoisotopic (exact) mass is 648 g/mol. The summed E-state index contributed by atoms with van der Waals surface area (Å²) in [6.07, 6.45) is 1.76. The van der Waals surface area contributed by atoms with Crippen LogP contribution in [0.25, 0.3) is 11.1 Å². The lowest BCUT2D eigenvalue weighted by molar-refractivity contribution is -0.147. The number of esters is 2. The maximum absolute atomic E-state index is 12.5. The van der Waals surface area contributed by atoms with E-state index in [0.717, 1.165) is 49.7 Å². The van der Waals surface area contributed by atoms with Gasteiger partial charge in [0.15, 0.2) is 11.5 Å². The minimum absolute atomic E-state index is 0.130. The molecule has 0 unspecified atom stereocenters. The highest BCUT2D eigenvalue weighted by atomic mass is 19.4. The molecule has 0 heterocycles. The predicted octanol–water partition coefficient (Wildman–Crippen LogP) is 7.17. The van der Waals surface area contributed by atoms with Gasteiger partial charge in [0.2, 0.25) is 13.6 Å². The number of hydrogen-bond acceptors (Lipinski definition) is 8. The maximum atomic E-state index is 12.5. The van der Waals surface area contributed by atoms with E-state index in [1.54, 1.807) is 12.1 Å². The molecule has 11 heteroatoms. The molecule has 1 aliphatic carbocycles. The Labute approximate surface area is 267 Å². The van der Waals surface area contributed by atoms with Crippen molar-refractivity contribution in [3.8, 4) is 22.6 Å². The smallest absolute Gasteiger partial charge is 0.389 e. The number of unbranched alkanes of at least 4 members (excludes halogenated alkanes) is 1. The molecule has 252 valence electrons. The van der Waals surface area contributed by atoms with Crippen LogP contribution in [0.4, 0.5) is 13.2 Å². The highest BCUT2D eigenvalue weighted by molar-refractivity contribution is 5.88. The predicted molar refractivity (Wildman–Crippen MR) is 166 cm³/mol. The summed E-state index contributed by atoms with van der Waals surface area (Å²) in [5.41, 5.74) is 3.96. The summed E-state index contributed by atoms with van der Waals surface area (Å²) in [6.45, 7) is 6.82. The van der Waals surface area contributed by atoms with Gasteiger partial charge in [-0.05, 0) is 84.7 Å². The van der Waals surface area contributed by atoms with Crippen molar-refractivity contribution in [3.63, 3.8) is 0 Å². The minimum atomic E-state index is -4.08. The number of benzene rings is 2. The molecule has 1 fully saturated rings. The molecule has 3 rings (SSSR count). The number of carbonyl (C=O) groups excluding carboxylic acids is 2. The average molecular weight is 649 g/mol. The van der Waals surface area contributed by atoms with Crippen molar-refractivity contribution < 1.29 is 51.9 Å². The molecule has 2 aromatic carbocycles. The third kappa shape index (κ3) is 11.2. The quantitative estimate of drug-likeness (QED) is 0.0804. The zero-order valence-electron chi connectivity index (χ0n) is 26.2. The summed E-state index contributed by atoms with van der Waals surface area (Å²) in [7, 11) is 0. The summed E-state index contributed by atoms with van der Waals surface area (Å²) < 4.78 is 58.6. The third-order valence-corrected chi connectivity index (χ3v) is 8.18. The third-order valence-electron chi connectivity index (χ3n) is 8.18. The van der Waals surface area contributed by atoms with Gasteiger partial charge in [-0.1, -0.05) is 57.2 Å². The molecule has 46 heavy (non-hydrogen) atoms. The second-order valence-corrected chi connectivity index (χ2v) is 11.4. The van der Waals surface area contributed by atoms with Crippen LogP contribution < -0.4 is 9.47 Å². The molecule has 0 radical (unpaired) electrons. The second-order valence-electron chi connectivity index (χ2n) is 11.4. The number of ether oxygens (including phenoxy) is 4. The molecule has 0 bridgehead atoms. The molecular weight excluding hydrogens is 605 g/mol. The first kappa shape index (κ1) is 36.6. The van der Waals surface area contributed by atoms with Gasteiger partial charge in [-0.15, -0.1) is 0 Å². The van der Waals surface area contributed by atoms with E-state index in [0.29, 0.717) is 18.3 Å². The van der Waals surface area contributed by atoms with E-state index >= 15 is 0 Å². The fourth-order valence-corrected chi connectivity index (χ4v) is 5.56. The first-order valence-electron chi connectivity index (χ1n) is 15.5. The summed E-state index contributed by atoms with van der Waals surface area (Å²) in [6, 6.07) is 11.5. The molecule has 2 aromatic rings. The zero-order chi connectivity index (χ0) is 33.7. The largest absolute Gasteiger partial charge is 0.453 e. The van der Waals surface area contributed by atoms with Crippen molar-refractivity contribution >= 4 is 11.9 Å². The van der Waals surface area contributed by atoms with Gasteiger partial charge < -0.3 is 29.2 Å². The Hall–Kier alpha value is -3.83. The van der Waals surface area contributed by atoms with Gasteiger partial charge >= 0.3 is 18.1 Å². The van der Waals surface area contributed by atoms with Gasteiger partial charge in [0.05, 0.1) is 24.4 Å². The van der Waals surface area contributed by atoms with E-state index in [1.807, 2.05) is 12.1 Å². The van der Waals surface area contributed by atoms with E-state index in [4.69, 9.17) is 29.2 Å². The number of carbonyl (C=O) groups is 2. The van der Waals surface area contributed by atoms with Crippen molar-refractivity contribution in [2.45, 2.75) is 76.8 Å². The Kier molecular flexibility index (Phi) is 14.1. The standard InChI is InChI=1S/C35H43F3O8/c1-4-26-17-28(12-14-30(26)27-10-8-25(9-11-27)7-5-6-16-35(36,37)38)29-13-15-31(43-21-45-33(41)23(2)19-39)32(18-29)44-22-46-34(42)24(3)20-40/h12-15,17-18,25,27,39-40H,2-11,16,19-22H2,1H3. The molecule has 0 spiro atoms. The number of halogens is 3. The first-order chi connectivity index (χ1) is 21.9. The van der Waals surface area contributed by atoms with Crippen LogP contribution in [0.15, 0.2) is 60.7 Å². The number of alkyl halides is 3. The van der Waals surface area contributed by atoms with Crippen molar-refractivity contribution in [3.05, 3.63) is 71.8 Å². The van der Waals surface area contributed by atoms with E-state index in [2.05, 4.69) is 32.2 Å². The van der Waals surface area contributed by atoms with Gasteiger partial charge in [0, 0.05) is 6.42 Å². The Morgan fingerprint density at radius 3 is 1.96 bits per heavy atom. The van der Waals surface area contributed by atoms with Crippen molar-refractivity contribution in [2.75, 3.05) is 26.8 Å². The molecule has 0 aliphatic heterocycles. The second kappa shape index (κ2) is 17.8. The maximum Gasteiger partial charge on any atom is 0.389 e. The SMILES string of the molecule is C=C(CO)C(=O)OCOc1ccc(-c2ccc(C3CCC(CCCCC(F)(F)F)CC3)c(CC)c2)cc1OCOC(=O)C(=C)CO. The van der Waals surface area contributed by atoms with E-state index in [1.165, 1.54) is 11.1 Å². The van der Waals surface area contributed by atoms with Crippen molar-refractivity contribution in [1.82, 2.24) is 0 Å². The van der Waals surface area contributed by atoms with Crippen molar-refractivity contribution in [1.29, 1.82) is 0 Å². The molecule has 0 saturated heterocycles. The van der Waals surface area contributed by atoms with Gasteiger partial charge in [0.1, 0.15) is 0 Å². The number of rotatable bonds is 17. The van der Waals surface area contributed by atoms with E-state index in [9.17, 15) is 22.8 Å². The van der Waals surface area contributed by atoms with Crippen LogP contribution in [0.5, 0.6) is 11.5 Å². The number of aryl methyl sites for hydroxylation is 1. The Bertz CT molecular complexity index is 1350. The average Bonchev–Trinajstić information content (AvgIpc) is 3.05. The van der Waals surface area contributed by atoms with Crippen LogP contribution in [0.2, 0.25) is 0 Å². The molecule has 0 atom stereocenters. The molecule has 2 N–H and O–H groups in total. The van der Waals surface area contributed by atoms with Crippen LogP contribution in [-0.2, 0) is 25.5 Å². The van der Waals surface area contributed by atoms with Crippen LogP contribution in [0.3, 0.4) is 0 Å². The summed E-state index contributed by atoms with van der Waals surface area (Å²) in [5, 5.41) is 18.1. The normalized spacial score (nSPS) is 16.4.